The summed E-state index contributed by atoms with van der Waals surface area (Å²) in [6.45, 7) is 9.91. The number of hydrogen-bond donors (Lipinski definition) is 2. The predicted molar refractivity (Wildman–Crippen MR) is 125 cm³/mol. The van der Waals surface area contributed by atoms with Gasteiger partial charge in [-0.25, -0.2) is 14.8 Å². The van der Waals surface area contributed by atoms with Crippen LogP contribution in [-0.4, -0.2) is 46.2 Å². The molecule has 1 aliphatic rings. The molecule has 2 aromatic rings. The number of anilines is 3. The molecule has 8 nitrogen and oxygen atoms in total. The molecule has 170 valence electrons. The normalized spacial score (nSPS) is 14.5. The summed E-state index contributed by atoms with van der Waals surface area (Å²) in [6, 6.07) is 10.2. The summed E-state index contributed by atoms with van der Waals surface area (Å²) >= 11 is 0. The molecule has 1 aliphatic heterocycles. The van der Waals surface area contributed by atoms with Crippen molar-refractivity contribution in [3.63, 3.8) is 0 Å². The van der Waals surface area contributed by atoms with E-state index in [1.165, 1.54) is 5.56 Å². The highest BCUT2D eigenvalue weighted by molar-refractivity contribution is 5.68. The fourth-order valence-electron chi connectivity index (χ4n) is 3.59. The minimum atomic E-state index is -0.474. The standard InChI is InChI=1S/C24H32N6O2/c1-5-12-26-21-16-27-20(15-25)22(29-21)28-19-8-6-17(7-9-19)18-10-13-30(14-11-18)23(31)32-24(2,3)4/h6-9,16,18H,5,10-14H2,1-4H3,(H2,26,28,29). The molecule has 0 unspecified atom stereocenters. The quantitative estimate of drug-likeness (QED) is 0.655. The predicted octanol–water partition coefficient (Wildman–Crippen LogP) is 5.03. The first-order valence-electron chi connectivity index (χ1n) is 11.1. The van der Waals surface area contributed by atoms with Crippen molar-refractivity contribution in [2.45, 2.75) is 58.5 Å². The maximum Gasteiger partial charge on any atom is 0.410 e. The van der Waals surface area contributed by atoms with Crippen LogP contribution in [0.25, 0.3) is 0 Å². The molecule has 0 atom stereocenters. The van der Waals surface area contributed by atoms with Crippen LogP contribution >= 0.6 is 0 Å². The van der Waals surface area contributed by atoms with Crippen molar-refractivity contribution in [1.29, 1.82) is 5.26 Å². The lowest BCUT2D eigenvalue weighted by atomic mass is 9.89. The number of hydrogen-bond acceptors (Lipinski definition) is 7. The van der Waals surface area contributed by atoms with E-state index in [0.717, 1.165) is 31.5 Å². The molecular formula is C24H32N6O2. The first-order valence-corrected chi connectivity index (χ1v) is 11.1. The van der Waals surface area contributed by atoms with E-state index in [2.05, 4.69) is 45.7 Å². The summed E-state index contributed by atoms with van der Waals surface area (Å²) in [5, 5.41) is 15.7. The highest BCUT2D eigenvalue weighted by Crippen LogP contribution is 2.30. The Hall–Kier alpha value is -3.34. The van der Waals surface area contributed by atoms with Gasteiger partial charge >= 0.3 is 6.09 Å². The number of piperidine rings is 1. The van der Waals surface area contributed by atoms with Crippen LogP contribution in [0.4, 0.5) is 22.1 Å². The van der Waals surface area contributed by atoms with Crippen LogP contribution in [0.3, 0.4) is 0 Å². The van der Waals surface area contributed by atoms with Gasteiger partial charge in [-0.15, -0.1) is 0 Å². The highest BCUT2D eigenvalue weighted by Gasteiger charge is 2.27. The lowest BCUT2D eigenvalue weighted by molar-refractivity contribution is 0.0205. The first kappa shape index (κ1) is 23.3. The number of carbonyl (C=O) groups excluding carboxylic acids is 1. The summed E-state index contributed by atoms with van der Waals surface area (Å²) in [4.78, 5) is 22.7. The molecule has 0 bridgehead atoms. The molecule has 32 heavy (non-hydrogen) atoms. The Bertz CT molecular complexity index is 954. The second-order valence-electron chi connectivity index (χ2n) is 8.98. The molecule has 1 aromatic carbocycles. The molecule has 0 radical (unpaired) electrons. The number of nitriles is 1. The Balaban J connectivity index is 1.60. The molecule has 2 N–H and O–H groups in total. The summed E-state index contributed by atoms with van der Waals surface area (Å²) < 4.78 is 5.48. The average molecular weight is 437 g/mol. The van der Waals surface area contributed by atoms with Gasteiger partial charge in [-0.05, 0) is 63.6 Å². The van der Waals surface area contributed by atoms with E-state index < -0.39 is 5.60 Å². The lowest BCUT2D eigenvalue weighted by Crippen LogP contribution is -2.41. The number of amides is 1. The molecule has 3 rings (SSSR count). The van der Waals surface area contributed by atoms with Crippen molar-refractivity contribution in [1.82, 2.24) is 14.9 Å². The lowest BCUT2D eigenvalue weighted by Gasteiger charge is -2.33. The van der Waals surface area contributed by atoms with E-state index in [4.69, 9.17) is 4.74 Å². The third-order valence-electron chi connectivity index (χ3n) is 5.23. The van der Waals surface area contributed by atoms with E-state index in [0.29, 0.717) is 30.6 Å². The third-order valence-corrected chi connectivity index (χ3v) is 5.23. The Kier molecular flexibility index (Phi) is 7.52. The molecule has 1 amide bonds. The zero-order valence-electron chi connectivity index (χ0n) is 19.3. The molecule has 1 fully saturated rings. The van der Waals surface area contributed by atoms with Gasteiger partial charge in [0.25, 0.3) is 0 Å². The smallest absolute Gasteiger partial charge is 0.410 e. The van der Waals surface area contributed by atoms with Gasteiger partial charge in [0.2, 0.25) is 0 Å². The van der Waals surface area contributed by atoms with Crippen LogP contribution in [0.5, 0.6) is 0 Å². The van der Waals surface area contributed by atoms with E-state index in [9.17, 15) is 10.1 Å². The van der Waals surface area contributed by atoms with Crippen LogP contribution in [0.15, 0.2) is 30.5 Å². The van der Waals surface area contributed by atoms with Crippen LogP contribution in [-0.2, 0) is 4.74 Å². The maximum atomic E-state index is 12.3. The van der Waals surface area contributed by atoms with Gasteiger partial charge < -0.3 is 20.3 Å². The fourth-order valence-corrected chi connectivity index (χ4v) is 3.59. The number of benzene rings is 1. The first-order chi connectivity index (χ1) is 15.3. The van der Waals surface area contributed by atoms with E-state index >= 15 is 0 Å². The SMILES string of the molecule is CCCNc1cnc(C#N)c(Nc2ccc(C3CCN(C(=O)OC(C)(C)C)CC3)cc2)n1. The van der Waals surface area contributed by atoms with Gasteiger partial charge in [-0.2, -0.15) is 5.26 Å². The number of carbonyl (C=O) groups is 1. The summed E-state index contributed by atoms with van der Waals surface area (Å²) in [7, 11) is 0. The Morgan fingerprint density at radius 3 is 2.53 bits per heavy atom. The second kappa shape index (κ2) is 10.3. The Morgan fingerprint density at radius 1 is 1.25 bits per heavy atom. The van der Waals surface area contributed by atoms with Crippen LogP contribution in [0.2, 0.25) is 0 Å². The number of aromatic nitrogens is 2. The second-order valence-corrected chi connectivity index (χ2v) is 8.98. The van der Waals surface area contributed by atoms with Crippen molar-refractivity contribution in [2.24, 2.45) is 0 Å². The van der Waals surface area contributed by atoms with Crippen molar-refractivity contribution >= 4 is 23.4 Å². The van der Waals surface area contributed by atoms with E-state index in [1.54, 1.807) is 11.1 Å². The van der Waals surface area contributed by atoms with Crippen molar-refractivity contribution in [3.8, 4) is 6.07 Å². The fraction of sp³-hybridized carbons (Fsp3) is 0.500. The molecule has 0 saturated carbocycles. The molecule has 1 saturated heterocycles. The number of nitrogens with one attached hydrogen (secondary N) is 2. The number of rotatable bonds is 6. The maximum absolute atomic E-state index is 12.3. The largest absolute Gasteiger partial charge is 0.444 e. The number of ether oxygens (including phenoxy) is 1. The molecule has 0 spiro atoms. The summed E-state index contributed by atoms with van der Waals surface area (Å²) in [6.07, 6.45) is 4.12. The minimum Gasteiger partial charge on any atom is -0.444 e. The monoisotopic (exact) mass is 436 g/mol. The van der Waals surface area contributed by atoms with Crippen LogP contribution < -0.4 is 10.6 Å². The van der Waals surface area contributed by atoms with Gasteiger partial charge in [0.05, 0.1) is 6.20 Å². The number of nitrogens with zero attached hydrogens (tertiary/aromatic N) is 4. The van der Waals surface area contributed by atoms with Gasteiger partial charge in [0, 0.05) is 25.3 Å². The third kappa shape index (κ3) is 6.33. The van der Waals surface area contributed by atoms with Crippen molar-refractivity contribution in [3.05, 3.63) is 41.7 Å². The zero-order valence-corrected chi connectivity index (χ0v) is 19.3. The van der Waals surface area contributed by atoms with Gasteiger partial charge in [-0.3, -0.25) is 0 Å². The van der Waals surface area contributed by atoms with Gasteiger partial charge in [0.15, 0.2) is 11.5 Å². The molecule has 1 aromatic heterocycles. The minimum absolute atomic E-state index is 0.236. The van der Waals surface area contributed by atoms with E-state index in [1.807, 2.05) is 32.9 Å². The Labute approximate surface area is 190 Å². The molecular weight excluding hydrogens is 404 g/mol. The number of likely N-dealkylation sites (tertiary alicyclic amines) is 1. The highest BCUT2D eigenvalue weighted by atomic mass is 16.6. The zero-order chi connectivity index (χ0) is 23.1. The van der Waals surface area contributed by atoms with Crippen molar-refractivity contribution < 1.29 is 9.53 Å². The van der Waals surface area contributed by atoms with Crippen LogP contribution in [0, 0.1) is 11.3 Å². The topological polar surface area (TPSA) is 103 Å². The van der Waals surface area contributed by atoms with E-state index in [-0.39, 0.29) is 11.8 Å². The Morgan fingerprint density at radius 2 is 1.94 bits per heavy atom. The summed E-state index contributed by atoms with van der Waals surface area (Å²) in [5.41, 5.74) is 1.87. The molecule has 0 aliphatic carbocycles. The van der Waals surface area contributed by atoms with Gasteiger partial charge in [-0.1, -0.05) is 19.1 Å². The van der Waals surface area contributed by atoms with Gasteiger partial charge in [0.1, 0.15) is 17.5 Å². The van der Waals surface area contributed by atoms with Crippen molar-refractivity contribution in [2.75, 3.05) is 30.3 Å². The summed E-state index contributed by atoms with van der Waals surface area (Å²) in [5.74, 6) is 1.48. The average Bonchev–Trinajstić information content (AvgIpc) is 2.77. The molecule has 8 heteroatoms. The molecule has 2 heterocycles. The van der Waals surface area contributed by atoms with Crippen LogP contribution in [0.1, 0.15) is 64.1 Å².